The molecule has 2 aromatic heterocycles. The first-order valence-electron chi connectivity index (χ1n) is 12.8. The van der Waals surface area contributed by atoms with Gasteiger partial charge in [0.1, 0.15) is 5.69 Å². The van der Waals surface area contributed by atoms with Gasteiger partial charge in [-0.25, -0.2) is 18.4 Å². The van der Waals surface area contributed by atoms with Gasteiger partial charge in [-0.15, -0.1) is 0 Å². The molecule has 39 heavy (non-hydrogen) atoms. The third-order valence-corrected chi connectivity index (χ3v) is 9.09. The Bertz CT molecular complexity index is 1510. The van der Waals surface area contributed by atoms with Crippen molar-refractivity contribution in [2.45, 2.75) is 42.5 Å². The van der Waals surface area contributed by atoms with E-state index in [1.54, 1.807) is 25.1 Å². The lowest BCUT2D eigenvalue weighted by molar-refractivity contribution is 0.190. The number of anilines is 1. The Morgan fingerprint density at radius 3 is 2.51 bits per heavy atom. The number of benzene rings is 2. The summed E-state index contributed by atoms with van der Waals surface area (Å²) in [7, 11) is -3.54. The first-order valence-corrected chi connectivity index (χ1v) is 14.3. The van der Waals surface area contributed by atoms with Gasteiger partial charge in [-0.3, -0.25) is 0 Å². The van der Waals surface area contributed by atoms with Crippen LogP contribution in [-0.4, -0.2) is 59.8 Å². The number of nitrogens with two attached hydrogens (primary N) is 1. The fourth-order valence-electron chi connectivity index (χ4n) is 4.38. The normalized spacial score (nSPS) is 16.4. The third-order valence-electron chi connectivity index (χ3n) is 6.86. The summed E-state index contributed by atoms with van der Waals surface area (Å²) in [6.45, 7) is 3.73. The summed E-state index contributed by atoms with van der Waals surface area (Å²) in [6.07, 6.45) is 2.73. The zero-order valence-electron chi connectivity index (χ0n) is 21.6. The van der Waals surface area contributed by atoms with E-state index in [0.29, 0.717) is 34.4 Å². The summed E-state index contributed by atoms with van der Waals surface area (Å²) < 4.78 is 36.4. The first-order chi connectivity index (χ1) is 18.8. The van der Waals surface area contributed by atoms with E-state index in [4.69, 9.17) is 20.1 Å². The molecule has 0 spiro atoms. The minimum absolute atomic E-state index is 0.174. The molecule has 3 heterocycles. The number of hydrogen-bond acceptors (Lipinski definition) is 10. The molecule has 0 amide bonds. The third kappa shape index (κ3) is 6.01. The van der Waals surface area contributed by atoms with Gasteiger partial charge in [0, 0.05) is 43.0 Å². The molecule has 2 atom stereocenters. The van der Waals surface area contributed by atoms with Crippen LogP contribution in [0.2, 0.25) is 0 Å². The number of nitrogen functional groups attached to an aromatic ring is 1. The highest BCUT2D eigenvalue weighted by atomic mass is 32.2. The Balaban J connectivity index is 1.32. The molecule has 2 aromatic carbocycles. The quantitative estimate of drug-likeness (QED) is 0.268. The fraction of sp³-hybridized carbons (Fsp3) is 0.321. The summed E-state index contributed by atoms with van der Waals surface area (Å²) in [5.41, 5.74) is 10.4. The SMILES string of the molecule is CC(CCO)S(=O)(=O)c1ccc(-c2cnc(N)c(-c3cc(-c4ccc(CNC5CCOC5)cc4)no3)n2)cc1. The van der Waals surface area contributed by atoms with E-state index < -0.39 is 15.1 Å². The molecule has 4 aromatic rings. The van der Waals surface area contributed by atoms with Crippen molar-refractivity contribution in [1.82, 2.24) is 20.4 Å². The lowest BCUT2D eigenvalue weighted by atomic mass is 10.1. The molecule has 0 aliphatic carbocycles. The van der Waals surface area contributed by atoms with Crippen LogP contribution in [0, 0.1) is 0 Å². The predicted molar refractivity (Wildman–Crippen MR) is 147 cm³/mol. The maximum Gasteiger partial charge on any atom is 0.189 e. The van der Waals surface area contributed by atoms with Crippen molar-refractivity contribution in [3.05, 3.63) is 66.4 Å². The van der Waals surface area contributed by atoms with Crippen LogP contribution in [0.25, 0.3) is 34.0 Å². The molecule has 1 fully saturated rings. The monoisotopic (exact) mass is 549 g/mol. The van der Waals surface area contributed by atoms with Gasteiger partial charge < -0.3 is 25.4 Å². The highest BCUT2D eigenvalue weighted by Crippen LogP contribution is 2.30. The molecular formula is C28H31N5O5S. The van der Waals surface area contributed by atoms with Gasteiger partial charge >= 0.3 is 0 Å². The van der Waals surface area contributed by atoms with E-state index in [0.717, 1.165) is 31.7 Å². The maximum atomic E-state index is 12.7. The topological polar surface area (TPSA) is 153 Å². The van der Waals surface area contributed by atoms with Crippen molar-refractivity contribution in [2.24, 2.45) is 0 Å². The van der Waals surface area contributed by atoms with Gasteiger partial charge in [0.25, 0.3) is 0 Å². The Morgan fingerprint density at radius 2 is 1.82 bits per heavy atom. The molecule has 0 bridgehead atoms. The van der Waals surface area contributed by atoms with Crippen molar-refractivity contribution in [3.8, 4) is 34.0 Å². The van der Waals surface area contributed by atoms with Crippen LogP contribution in [0.15, 0.2) is 70.2 Å². The van der Waals surface area contributed by atoms with E-state index >= 15 is 0 Å². The van der Waals surface area contributed by atoms with Crippen LogP contribution in [0.4, 0.5) is 5.82 Å². The van der Waals surface area contributed by atoms with E-state index in [2.05, 4.69) is 32.6 Å². The zero-order valence-corrected chi connectivity index (χ0v) is 22.4. The number of ether oxygens (including phenoxy) is 1. The van der Waals surface area contributed by atoms with Crippen LogP contribution in [0.1, 0.15) is 25.3 Å². The molecule has 5 rings (SSSR count). The predicted octanol–water partition coefficient (Wildman–Crippen LogP) is 3.47. The molecule has 204 valence electrons. The molecule has 1 aliphatic rings. The van der Waals surface area contributed by atoms with Gasteiger partial charge in [0.05, 0.1) is 28.6 Å². The first kappa shape index (κ1) is 26.9. The molecule has 10 nitrogen and oxygen atoms in total. The Hall–Kier alpha value is -3.64. The van der Waals surface area contributed by atoms with Gasteiger partial charge in [0.15, 0.2) is 27.1 Å². The van der Waals surface area contributed by atoms with Crippen molar-refractivity contribution in [1.29, 1.82) is 0 Å². The van der Waals surface area contributed by atoms with E-state index in [1.165, 1.54) is 23.9 Å². The second kappa shape index (κ2) is 11.6. The smallest absolute Gasteiger partial charge is 0.189 e. The number of rotatable bonds is 10. The van der Waals surface area contributed by atoms with Crippen LogP contribution in [0.5, 0.6) is 0 Å². The summed E-state index contributed by atoms with van der Waals surface area (Å²) in [4.78, 5) is 9.08. The summed E-state index contributed by atoms with van der Waals surface area (Å²) >= 11 is 0. The number of aliphatic hydroxyl groups excluding tert-OH is 1. The van der Waals surface area contributed by atoms with Crippen molar-refractivity contribution >= 4 is 15.7 Å². The van der Waals surface area contributed by atoms with Crippen LogP contribution >= 0.6 is 0 Å². The summed E-state index contributed by atoms with van der Waals surface area (Å²) in [5, 5.41) is 16.1. The second-order valence-corrected chi connectivity index (χ2v) is 12.0. The number of sulfone groups is 1. The maximum absolute atomic E-state index is 12.7. The van der Waals surface area contributed by atoms with Crippen LogP contribution < -0.4 is 11.1 Å². The number of nitrogens with zero attached hydrogens (tertiary/aromatic N) is 3. The van der Waals surface area contributed by atoms with E-state index in [9.17, 15) is 8.42 Å². The highest BCUT2D eigenvalue weighted by molar-refractivity contribution is 7.92. The lowest BCUT2D eigenvalue weighted by Crippen LogP contribution is -2.28. The number of aromatic nitrogens is 3. The van der Waals surface area contributed by atoms with Gasteiger partial charge in [-0.1, -0.05) is 41.6 Å². The minimum atomic E-state index is -3.54. The Morgan fingerprint density at radius 1 is 1.10 bits per heavy atom. The molecule has 1 aliphatic heterocycles. The average molecular weight is 550 g/mol. The Labute approximate surface area is 227 Å². The van der Waals surface area contributed by atoms with Crippen molar-refractivity contribution in [2.75, 3.05) is 25.6 Å². The molecule has 0 saturated carbocycles. The van der Waals surface area contributed by atoms with E-state index in [-0.39, 0.29) is 23.7 Å². The van der Waals surface area contributed by atoms with Crippen molar-refractivity contribution < 1.29 is 22.8 Å². The fourth-order valence-corrected chi connectivity index (χ4v) is 5.77. The van der Waals surface area contributed by atoms with Crippen LogP contribution in [-0.2, 0) is 21.1 Å². The lowest BCUT2D eigenvalue weighted by Gasteiger charge is -2.12. The summed E-state index contributed by atoms with van der Waals surface area (Å²) in [6, 6.07) is 16.7. The van der Waals surface area contributed by atoms with Gasteiger partial charge in [-0.05, 0) is 37.5 Å². The molecule has 0 radical (unpaired) electrons. The molecule has 11 heteroatoms. The standard InChI is InChI=1S/C28H31N5O5S/c1-18(10-12-34)39(35,36)23-8-6-21(7-9-23)25-16-31-28(29)27(32-25)26-14-24(33-38-26)20-4-2-19(3-5-20)15-30-22-11-13-37-17-22/h2-9,14,16,18,22,30,34H,10-13,15,17H2,1H3,(H2,29,31). The van der Waals surface area contributed by atoms with E-state index in [1.807, 2.05) is 12.1 Å². The minimum Gasteiger partial charge on any atom is -0.396 e. The van der Waals surface area contributed by atoms with Gasteiger partial charge in [0.2, 0.25) is 0 Å². The molecule has 4 N–H and O–H groups in total. The number of hydrogen-bond donors (Lipinski definition) is 3. The Kier molecular flexibility index (Phi) is 8.03. The van der Waals surface area contributed by atoms with Crippen molar-refractivity contribution in [3.63, 3.8) is 0 Å². The number of aliphatic hydroxyl groups is 1. The molecule has 2 unspecified atom stereocenters. The zero-order chi connectivity index (χ0) is 27.4. The molecule has 1 saturated heterocycles. The number of nitrogens with one attached hydrogen (secondary N) is 1. The molecular weight excluding hydrogens is 518 g/mol. The largest absolute Gasteiger partial charge is 0.396 e. The van der Waals surface area contributed by atoms with Gasteiger partial charge in [-0.2, -0.15) is 0 Å². The second-order valence-electron chi connectivity index (χ2n) is 9.60. The highest BCUT2D eigenvalue weighted by Gasteiger charge is 2.23. The van der Waals surface area contributed by atoms with Crippen LogP contribution in [0.3, 0.4) is 0 Å². The average Bonchev–Trinajstić information content (AvgIpc) is 3.66. The summed E-state index contributed by atoms with van der Waals surface area (Å²) in [5.74, 6) is 0.566.